The van der Waals surface area contributed by atoms with E-state index in [4.69, 9.17) is 17.0 Å². The zero-order valence-electron chi connectivity index (χ0n) is 16.2. The maximum absolute atomic E-state index is 12.4. The molecule has 4 aromatic rings. The summed E-state index contributed by atoms with van der Waals surface area (Å²) < 4.78 is 6.39. The number of benzene rings is 3. The molecule has 0 aliphatic rings. The second-order valence-corrected chi connectivity index (χ2v) is 7.96. The number of carbonyl (C=O) groups excluding carboxylic acids is 1. The molecule has 0 saturated carbocycles. The van der Waals surface area contributed by atoms with Crippen LogP contribution in [0.25, 0.3) is 20.8 Å². The van der Waals surface area contributed by atoms with Gasteiger partial charge in [-0.2, -0.15) is 0 Å². The minimum atomic E-state index is -0.309. The van der Waals surface area contributed by atoms with Crippen molar-refractivity contribution < 1.29 is 9.53 Å². The molecule has 0 saturated heterocycles. The zero-order chi connectivity index (χ0) is 20.9. The van der Waals surface area contributed by atoms with Gasteiger partial charge in [0.2, 0.25) is 0 Å². The Balaban J connectivity index is 1.35. The van der Waals surface area contributed by atoms with Gasteiger partial charge in [0.05, 0.1) is 22.9 Å². The number of thiocarbonyl (C=S) groups is 1. The van der Waals surface area contributed by atoms with Gasteiger partial charge in [0.15, 0.2) is 5.11 Å². The summed E-state index contributed by atoms with van der Waals surface area (Å²) in [7, 11) is 1.53. The van der Waals surface area contributed by atoms with Gasteiger partial charge in [0.25, 0.3) is 5.91 Å². The van der Waals surface area contributed by atoms with Crippen molar-refractivity contribution >= 4 is 44.8 Å². The van der Waals surface area contributed by atoms with Gasteiger partial charge in [-0.05, 0) is 42.0 Å². The SMILES string of the molecule is COc1ccccc1C(=O)NC(=S)NCc1ccc(-c2nc3ccccc3s2)cc1. The highest BCUT2D eigenvalue weighted by molar-refractivity contribution is 7.80. The van der Waals surface area contributed by atoms with E-state index in [1.165, 1.54) is 11.8 Å². The van der Waals surface area contributed by atoms with Crippen molar-refractivity contribution in [3.63, 3.8) is 0 Å². The van der Waals surface area contributed by atoms with Crippen LogP contribution in [0.1, 0.15) is 15.9 Å². The van der Waals surface area contributed by atoms with Gasteiger partial charge in [-0.15, -0.1) is 11.3 Å². The highest BCUT2D eigenvalue weighted by Crippen LogP contribution is 2.30. The molecule has 0 bridgehead atoms. The van der Waals surface area contributed by atoms with Crippen LogP contribution in [0.2, 0.25) is 0 Å². The molecule has 5 nitrogen and oxygen atoms in total. The predicted molar refractivity (Wildman–Crippen MR) is 125 cm³/mol. The quantitative estimate of drug-likeness (QED) is 0.444. The van der Waals surface area contributed by atoms with Gasteiger partial charge in [0.1, 0.15) is 10.8 Å². The second-order valence-electron chi connectivity index (χ2n) is 6.52. The van der Waals surface area contributed by atoms with Crippen LogP contribution in [-0.4, -0.2) is 23.1 Å². The molecule has 0 aliphatic heterocycles. The van der Waals surface area contributed by atoms with Crippen LogP contribution in [0, 0.1) is 0 Å². The minimum Gasteiger partial charge on any atom is -0.496 e. The van der Waals surface area contributed by atoms with Crippen molar-refractivity contribution in [2.75, 3.05) is 7.11 Å². The third-order valence-electron chi connectivity index (χ3n) is 4.53. The number of hydrogen-bond donors (Lipinski definition) is 2. The average Bonchev–Trinajstić information content (AvgIpc) is 3.22. The van der Waals surface area contributed by atoms with Crippen molar-refractivity contribution in [1.29, 1.82) is 0 Å². The van der Waals surface area contributed by atoms with E-state index >= 15 is 0 Å². The van der Waals surface area contributed by atoms with Crippen molar-refractivity contribution in [3.05, 3.63) is 83.9 Å². The fourth-order valence-electron chi connectivity index (χ4n) is 2.99. The summed E-state index contributed by atoms with van der Waals surface area (Å²) in [6, 6.07) is 23.3. The Bertz CT molecular complexity index is 1170. The number of carbonyl (C=O) groups is 1. The van der Waals surface area contributed by atoms with Crippen molar-refractivity contribution in [3.8, 4) is 16.3 Å². The first kappa shape index (κ1) is 20.0. The lowest BCUT2D eigenvalue weighted by atomic mass is 10.1. The number of ether oxygens (including phenoxy) is 1. The van der Waals surface area contributed by atoms with Gasteiger partial charge < -0.3 is 10.1 Å². The molecular weight excluding hydrogens is 414 g/mol. The third-order valence-corrected chi connectivity index (χ3v) is 5.86. The van der Waals surface area contributed by atoms with Crippen LogP contribution in [0.3, 0.4) is 0 Å². The zero-order valence-corrected chi connectivity index (χ0v) is 17.8. The standard InChI is InChI=1S/C23H19N3O2S2/c1-28-19-8-4-2-6-17(19)21(27)26-23(29)24-14-15-10-12-16(13-11-15)22-25-18-7-3-5-9-20(18)30-22/h2-13H,14H2,1H3,(H2,24,26,27,29). The summed E-state index contributed by atoms with van der Waals surface area (Å²) in [6.07, 6.45) is 0. The molecule has 0 atom stereocenters. The Morgan fingerprint density at radius 1 is 1.03 bits per heavy atom. The molecule has 1 aromatic heterocycles. The molecule has 0 aliphatic carbocycles. The molecule has 4 rings (SSSR count). The molecule has 3 aromatic carbocycles. The van der Waals surface area contributed by atoms with Gasteiger partial charge in [-0.3, -0.25) is 10.1 Å². The number of nitrogens with zero attached hydrogens (tertiary/aromatic N) is 1. The lowest BCUT2D eigenvalue weighted by Gasteiger charge is -2.11. The molecule has 7 heteroatoms. The van der Waals surface area contributed by atoms with E-state index in [-0.39, 0.29) is 11.0 Å². The molecule has 2 N–H and O–H groups in total. The van der Waals surface area contributed by atoms with Crippen LogP contribution >= 0.6 is 23.6 Å². The fraction of sp³-hybridized carbons (Fsp3) is 0.0870. The summed E-state index contributed by atoms with van der Waals surface area (Å²) in [5, 5.41) is 7.01. The van der Waals surface area contributed by atoms with Crippen molar-refractivity contribution in [2.45, 2.75) is 6.54 Å². The smallest absolute Gasteiger partial charge is 0.261 e. The largest absolute Gasteiger partial charge is 0.496 e. The van der Waals surface area contributed by atoms with Crippen LogP contribution in [-0.2, 0) is 6.54 Å². The summed E-state index contributed by atoms with van der Waals surface area (Å²) in [6.45, 7) is 0.505. The molecular formula is C23H19N3O2S2. The lowest BCUT2D eigenvalue weighted by Crippen LogP contribution is -2.38. The minimum absolute atomic E-state index is 0.265. The molecule has 0 radical (unpaired) electrons. The van der Waals surface area contributed by atoms with E-state index in [9.17, 15) is 4.79 Å². The van der Waals surface area contributed by atoms with Gasteiger partial charge in [0, 0.05) is 12.1 Å². The maximum Gasteiger partial charge on any atom is 0.261 e. The van der Waals surface area contributed by atoms with E-state index in [1.807, 2.05) is 48.5 Å². The monoisotopic (exact) mass is 433 g/mol. The first-order valence-corrected chi connectivity index (χ1v) is 10.5. The number of rotatable bonds is 5. The summed E-state index contributed by atoms with van der Waals surface area (Å²) in [5.41, 5.74) is 3.57. The second kappa shape index (κ2) is 9.02. The summed E-state index contributed by atoms with van der Waals surface area (Å²) in [4.78, 5) is 17.1. The highest BCUT2D eigenvalue weighted by Gasteiger charge is 2.12. The Morgan fingerprint density at radius 3 is 2.53 bits per heavy atom. The Morgan fingerprint density at radius 2 is 1.77 bits per heavy atom. The Labute approximate surface area is 183 Å². The number of para-hydroxylation sites is 2. The molecule has 0 fully saturated rings. The normalized spacial score (nSPS) is 10.6. The number of hydrogen-bond acceptors (Lipinski definition) is 5. The maximum atomic E-state index is 12.4. The number of fused-ring (bicyclic) bond motifs is 1. The lowest BCUT2D eigenvalue weighted by molar-refractivity contribution is 0.0973. The molecule has 1 amide bonds. The van der Waals surface area contributed by atoms with Crippen molar-refractivity contribution in [1.82, 2.24) is 15.6 Å². The van der Waals surface area contributed by atoms with Gasteiger partial charge in [-0.1, -0.05) is 48.5 Å². The molecule has 30 heavy (non-hydrogen) atoms. The number of methoxy groups -OCH3 is 1. The number of amides is 1. The van der Waals surface area contributed by atoms with Crippen molar-refractivity contribution in [2.24, 2.45) is 0 Å². The number of nitrogens with one attached hydrogen (secondary N) is 2. The van der Waals surface area contributed by atoms with Gasteiger partial charge >= 0.3 is 0 Å². The first-order valence-electron chi connectivity index (χ1n) is 9.31. The van der Waals surface area contributed by atoms with Gasteiger partial charge in [-0.25, -0.2) is 4.98 Å². The van der Waals surface area contributed by atoms with Crippen LogP contribution in [0.4, 0.5) is 0 Å². The van der Waals surface area contributed by atoms with E-state index < -0.39 is 0 Å². The van der Waals surface area contributed by atoms with Crippen LogP contribution < -0.4 is 15.4 Å². The fourth-order valence-corrected chi connectivity index (χ4v) is 4.13. The molecule has 1 heterocycles. The third kappa shape index (κ3) is 4.48. The molecule has 0 unspecified atom stereocenters. The van der Waals surface area contributed by atoms with E-state index in [1.54, 1.807) is 29.5 Å². The number of aromatic nitrogens is 1. The van der Waals surface area contributed by atoms with E-state index in [2.05, 4.69) is 21.7 Å². The average molecular weight is 434 g/mol. The topological polar surface area (TPSA) is 63.2 Å². The Kier molecular flexibility index (Phi) is 6.02. The number of thiazole rings is 1. The van der Waals surface area contributed by atoms with E-state index in [0.717, 1.165) is 21.7 Å². The predicted octanol–water partition coefficient (Wildman–Crippen LogP) is 4.78. The van der Waals surface area contributed by atoms with Crippen LogP contribution in [0.5, 0.6) is 5.75 Å². The first-order chi connectivity index (χ1) is 14.6. The van der Waals surface area contributed by atoms with Crippen LogP contribution in [0.15, 0.2) is 72.8 Å². The summed E-state index contributed by atoms with van der Waals surface area (Å²) >= 11 is 6.93. The summed E-state index contributed by atoms with van der Waals surface area (Å²) in [5.74, 6) is 0.194. The molecule has 0 spiro atoms. The Hall–Kier alpha value is -3.29. The van der Waals surface area contributed by atoms with E-state index in [0.29, 0.717) is 17.9 Å². The highest BCUT2D eigenvalue weighted by atomic mass is 32.1. The molecule has 150 valence electrons.